The zero-order valence-electron chi connectivity index (χ0n) is 47.9. The lowest BCUT2D eigenvalue weighted by Gasteiger charge is -2.40. The van der Waals surface area contributed by atoms with Crippen LogP contribution in [0, 0.1) is 0 Å². The van der Waals surface area contributed by atoms with Gasteiger partial charge in [0.25, 0.3) is 0 Å². The third-order valence-electron chi connectivity index (χ3n) is 12.8. The van der Waals surface area contributed by atoms with E-state index in [4.69, 9.17) is 23.7 Å². The van der Waals surface area contributed by atoms with Crippen LogP contribution in [-0.4, -0.2) is 89.2 Å². The highest BCUT2D eigenvalue weighted by molar-refractivity contribution is 5.74. The molecule has 0 spiro atoms. The Bertz CT molecular complexity index is 1750. The highest BCUT2D eigenvalue weighted by Crippen LogP contribution is 2.26. The molecule has 1 rings (SSSR count). The van der Waals surface area contributed by atoms with Crippen LogP contribution in [0.15, 0.2) is 109 Å². The summed E-state index contributed by atoms with van der Waals surface area (Å²) in [6.45, 7) is 5.70. The van der Waals surface area contributed by atoms with Gasteiger partial charge in [-0.1, -0.05) is 214 Å². The van der Waals surface area contributed by atoms with E-state index in [2.05, 4.69) is 130 Å². The largest absolute Gasteiger partial charge is 0.479 e. The molecule has 0 aromatic carbocycles. The van der Waals surface area contributed by atoms with E-state index in [1.807, 2.05) is 0 Å². The number of carboxylic acids is 1. The van der Waals surface area contributed by atoms with Gasteiger partial charge in [0.15, 0.2) is 24.6 Å². The van der Waals surface area contributed by atoms with Gasteiger partial charge in [0.2, 0.25) is 0 Å². The molecule has 0 radical (unpaired) electrons. The standard InChI is InChI=1S/C65H104O12/c1-4-7-10-13-16-19-21-23-25-27-29-31-33-35-37-40-42-45-48-51-57(66)73-54-56(75-58(67)52-49-46-43-39-18-15-12-9-6-3)55-74-65-63(61(70)60(69)62(77-65)64(71)72)76-59(68)53-50-47-44-41-38-36-34-32-30-28-26-24-22-20-17-14-11-8-5-2/h7-8,10-11,16-17,19-20,23-26,29-32,35,37,56,60-63,65,69-70H,4-6,9,12-15,18,21-22,27-28,33-34,36,38-55H2,1-3H3,(H,71,72)/b10-7-,11-8-,19-16-,20-17-,25-23-,26-24-,31-29-,32-30-,37-35-. The van der Waals surface area contributed by atoms with Gasteiger partial charge < -0.3 is 39.0 Å². The summed E-state index contributed by atoms with van der Waals surface area (Å²) in [4.78, 5) is 51.1. The molecule has 1 heterocycles. The lowest BCUT2D eigenvalue weighted by Crippen LogP contribution is -2.61. The number of aliphatic hydroxyl groups excluding tert-OH is 2. The Morgan fingerprint density at radius 3 is 1.26 bits per heavy atom. The smallest absolute Gasteiger partial charge is 0.335 e. The van der Waals surface area contributed by atoms with E-state index in [0.29, 0.717) is 19.3 Å². The van der Waals surface area contributed by atoms with Crippen molar-refractivity contribution in [1.82, 2.24) is 0 Å². The maximum atomic E-state index is 13.1. The second kappa shape index (κ2) is 52.1. The van der Waals surface area contributed by atoms with Crippen molar-refractivity contribution in [3.63, 3.8) is 0 Å². The van der Waals surface area contributed by atoms with E-state index in [-0.39, 0.29) is 25.9 Å². The Labute approximate surface area is 465 Å². The van der Waals surface area contributed by atoms with E-state index in [1.54, 1.807) is 0 Å². The van der Waals surface area contributed by atoms with Gasteiger partial charge in [-0.25, -0.2) is 4.79 Å². The fourth-order valence-electron chi connectivity index (χ4n) is 8.33. The number of aliphatic hydroxyl groups is 2. The topological polar surface area (TPSA) is 175 Å². The summed E-state index contributed by atoms with van der Waals surface area (Å²) in [5, 5.41) is 31.5. The number of carboxylic acid groups (broad SMARTS) is 1. The third-order valence-corrected chi connectivity index (χ3v) is 12.8. The van der Waals surface area contributed by atoms with E-state index >= 15 is 0 Å². The van der Waals surface area contributed by atoms with Crippen molar-refractivity contribution in [2.24, 2.45) is 0 Å². The van der Waals surface area contributed by atoms with E-state index in [1.165, 1.54) is 32.1 Å². The Hall–Kier alpha value is -4.62. The first kappa shape index (κ1) is 70.4. The fraction of sp³-hybridized carbons (Fsp3) is 0.662. The molecule has 6 unspecified atom stereocenters. The zero-order chi connectivity index (χ0) is 56.1. The van der Waals surface area contributed by atoms with Crippen LogP contribution in [0.4, 0.5) is 0 Å². The predicted octanol–water partition coefficient (Wildman–Crippen LogP) is 15.4. The zero-order valence-corrected chi connectivity index (χ0v) is 47.9. The molecule has 12 nitrogen and oxygen atoms in total. The number of aliphatic carboxylic acids is 1. The summed E-state index contributed by atoms with van der Waals surface area (Å²) in [7, 11) is 0. The summed E-state index contributed by atoms with van der Waals surface area (Å²) < 4.78 is 28.3. The van der Waals surface area contributed by atoms with Crippen molar-refractivity contribution in [1.29, 1.82) is 0 Å². The minimum atomic E-state index is -1.92. The van der Waals surface area contributed by atoms with Crippen molar-refractivity contribution in [2.45, 2.75) is 263 Å². The molecule has 1 fully saturated rings. The van der Waals surface area contributed by atoms with Crippen molar-refractivity contribution in [3.05, 3.63) is 109 Å². The second-order valence-corrected chi connectivity index (χ2v) is 19.9. The first-order valence-corrected chi connectivity index (χ1v) is 29.9. The van der Waals surface area contributed by atoms with Crippen LogP contribution >= 0.6 is 0 Å². The summed E-state index contributed by atoms with van der Waals surface area (Å²) in [5.74, 6) is -3.19. The first-order chi connectivity index (χ1) is 37.6. The van der Waals surface area contributed by atoms with E-state index in [9.17, 15) is 34.5 Å². The predicted molar refractivity (Wildman–Crippen MR) is 312 cm³/mol. The van der Waals surface area contributed by atoms with Crippen molar-refractivity contribution >= 4 is 23.9 Å². The van der Waals surface area contributed by atoms with Gasteiger partial charge >= 0.3 is 23.9 Å². The molecule has 3 N–H and O–H groups in total. The number of carbonyl (C=O) groups excluding carboxylic acids is 3. The molecule has 0 saturated carbocycles. The van der Waals surface area contributed by atoms with Crippen LogP contribution in [0.2, 0.25) is 0 Å². The van der Waals surface area contributed by atoms with Gasteiger partial charge in [-0.15, -0.1) is 0 Å². The van der Waals surface area contributed by atoms with Crippen molar-refractivity contribution < 1.29 is 58.2 Å². The molecular weight excluding hydrogens is 973 g/mol. The highest BCUT2D eigenvalue weighted by atomic mass is 16.7. The van der Waals surface area contributed by atoms with Crippen LogP contribution in [0.1, 0.15) is 226 Å². The monoisotopic (exact) mass is 1080 g/mol. The molecule has 1 aliphatic heterocycles. The maximum Gasteiger partial charge on any atom is 0.335 e. The molecule has 436 valence electrons. The lowest BCUT2D eigenvalue weighted by molar-refractivity contribution is -0.301. The van der Waals surface area contributed by atoms with Gasteiger partial charge in [0, 0.05) is 19.3 Å². The molecule has 77 heavy (non-hydrogen) atoms. The summed E-state index contributed by atoms with van der Waals surface area (Å²) in [6.07, 6.45) is 57.8. The third kappa shape index (κ3) is 42.1. The van der Waals surface area contributed by atoms with Crippen LogP contribution < -0.4 is 0 Å². The average Bonchev–Trinajstić information content (AvgIpc) is 3.42. The number of esters is 3. The molecule has 0 aromatic rings. The summed E-state index contributed by atoms with van der Waals surface area (Å²) in [5.41, 5.74) is 0. The summed E-state index contributed by atoms with van der Waals surface area (Å²) >= 11 is 0. The van der Waals surface area contributed by atoms with Crippen molar-refractivity contribution in [2.75, 3.05) is 13.2 Å². The molecule has 6 atom stereocenters. The van der Waals surface area contributed by atoms with E-state index < -0.39 is 67.3 Å². The van der Waals surface area contributed by atoms with Gasteiger partial charge in [-0.3, -0.25) is 14.4 Å². The molecule has 1 saturated heterocycles. The molecule has 0 aliphatic carbocycles. The molecular formula is C65H104O12. The molecule has 0 amide bonds. The number of carbonyl (C=O) groups is 4. The number of ether oxygens (including phenoxy) is 5. The summed E-state index contributed by atoms with van der Waals surface area (Å²) in [6, 6.07) is 0. The Morgan fingerprint density at radius 2 is 0.818 bits per heavy atom. The second-order valence-electron chi connectivity index (χ2n) is 19.9. The lowest BCUT2D eigenvalue weighted by atomic mass is 9.98. The molecule has 12 heteroatoms. The maximum absolute atomic E-state index is 13.1. The normalized spacial score (nSPS) is 18.8. The average molecular weight is 1080 g/mol. The van der Waals surface area contributed by atoms with Crippen LogP contribution in [0.5, 0.6) is 0 Å². The number of hydrogen-bond donors (Lipinski definition) is 3. The number of hydrogen-bond acceptors (Lipinski definition) is 11. The van der Waals surface area contributed by atoms with E-state index in [0.717, 1.165) is 135 Å². The molecule has 0 bridgehead atoms. The van der Waals surface area contributed by atoms with Gasteiger partial charge in [-0.05, 0) is 103 Å². The first-order valence-electron chi connectivity index (χ1n) is 29.9. The fourth-order valence-corrected chi connectivity index (χ4v) is 8.33. The van der Waals surface area contributed by atoms with Crippen molar-refractivity contribution in [3.8, 4) is 0 Å². The van der Waals surface area contributed by atoms with Gasteiger partial charge in [0.05, 0.1) is 6.61 Å². The Morgan fingerprint density at radius 1 is 0.442 bits per heavy atom. The molecule has 0 aromatic heterocycles. The molecule has 1 aliphatic rings. The number of unbranched alkanes of at least 4 members (excludes halogenated alkanes) is 17. The van der Waals surface area contributed by atoms with Crippen LogP contribution in [0.3, 0.4) is 0 Å². The minimum absolute atomic E-state index is 0.0365. The SMILES string of the molecule is CC/C=C\C/C=C\C/C=C\C/C=C\C/C=C\CCCCCC(=O)OCC(COC1OC(C(=O)O)C(O)C(O)C1OC(=O)CCCCCCCC/C=C\C/C=C\C/C=C\C/C=C\CC)OC(=O)CCCCCCCCCCC. The Kier molecular flexibility index (Phi) is 47.6. The highest BCUT2D eigenvalue weighted by Gasteiger charge is 2.50. The van der Waals surface area contributed by atoms with Crippen LogP contribution in [0.25, 0.3) is 0 Å². The van der Waals surface area contributed by atoms with Gasteiger partial charge in [0.1, 0.15) is 18.8 Å². The number of rotatable bonds is 49. The Balaban J connectivity index is 2.66. The van der Waals surface area contributed by atoms with Gasteiger partial charge in [-0.2, -0.15) is 0 Å². The number of allylic oxidation sites excluding steroid dienone is 18. The minimum Gasteiger partial charge on any atom is -0.479 e. The van der Waals surface area contributed by atoms with Crippen LogP contribution in [-0.2, 0) is 42.9 Å². The quantitative estimate of drug-likeness (QED) is 0.0228.